The molecule has 1 fully saturated rings. The van der Waals surface area contributed by atoms with Gasteiger partial charge in [0, 0.05) is 32.0 Å². The predicted octanol–water partition coefficient (Wildman–Crippen LogP) is 1.23. The van der Waals surface area contributed by atoms with Crippen molar-refractivity contribution in [3.8, 4) is 0 Å². The molecule has 2 amide bonds. The Morgan fingerprint density at radius 2 is 1.87 bits per heavy atom. The van der Waals surface area contributed by atoms with Gasteiger partial charge in [-0.2, -0.15) is 0 Å². The number of hydrogen-bond donors (Lipinski definition) is 3. The summed E-state index contributed by atoms with van der Waals surface area (Å²) in [6.45, 7) is 1.01. The van der Waals surface area contributed by atoms with Crippen molar-refractivity contribution in [2.75, 3.05) is 20.1 Å². The molecule has 3 atom stereocenters. The molecule has 0 aromatic heterocycles. The maximum absolute atomic E-state index is 13.1. The van der Waals surface area contributed by atoms with Crippen LogP contribution in [-0.2, 0) is 20.8 Å². The summed E-state index contributed by atoms with van der Waals surface area (Å²) in [7, 11) is 1.80. The molecule has 0 radical (unpaired) electrons. The molecule has 0 aliphatic heterocycles. The van der Waals surface area contributed by atoms with Crippen molar-refractivity contribution < 1.29 is 14.4 Å². The maximum atomic E-state index is 13.1. The highest BCUT2D eigenvalue weighted by Crippen LogP contribution is 2.31. The van der Waals surface area contributed by atoms with Gasteiger partial charge in [0.25, 0.3) is 0 Å². The lowest BCUT2D eigenvalue weighted by Crippen LogP contribution is -2.47. The van der Waals surface area contributed by atoms with Gasteiger partial charge >= 0.3 is 0 Å². The number of hydrogen-bond acceptors (Lipinski definition) is 4. The van der Waals surface area contributed by atoms with Crippen LogP contribution < -0.4 is 16.8 Å². The number of aldehydes is 1. The van der Waals surface area contributed by atoms with Gasteiger partial charge in [0.1, 0.15) is 6.29 Å². The van der Waals surface area contributed by atoms with Gasteiger partial charge in [-0.1, -0.05) is 43.2 Å². The predicted molar refractivity (Wildman–Crippen MR) is 121 cm³/mol. The third kappa shape index (κ3) is 8.03. The van der Waals surface area contributed by atoms with E-state index in [1.807, 2.05) is 30.3 Å². The fraction of sp³-hybridized carbons (Fsp3) is 0.565. The zero-order valence-electron chi connectivity index (χ0n) is 18.3. The Labute approximate surface area is 184 Å². The molecular weight excluding hydrogens is 394 g/mol. The van der Waals surface area contributed by atoms with Gasteiger partial charge in [-0.3, -0.25) is 14.6 Å². The van der Waals surface area contributed by atoms with Gasteiger partial charge in [-0.05, 0) is 37.7 Å². The van der Waals surface area contributed by atoms with Crippen LogP contribution in [0.3, 0.4) is 0 Å². The molecule has 1 aliphatic rings. The van der Waals surface area contributed by atoms with Crippen LogP contribution in [0.4, 0.5) is 0 Å². The monoisotopic (exact) mass is 429 g/mol. The second-order valence-corrected chi connectivity index (χ2v) is 8.19. The van der Waals surface area contributed by atoms with Crippen molar-refractivity contribution in [2.45, 2.75) is 51.0 Å². The molecule has 8 nitrogen and oxygen atoms in total. The van der Waals surface area contributed by atoms with E-state index in [4.69, 9.17) is 11.5 Å². The number of rotatable bonds is 11. The maximum Gasteiger partial charge on any atom is 0.226 e. The number of nitrogens with zero attached hydrogens (tertiary/aromatic N) is 2. The lowest BCUT2D eigenvalue weighted by molar-refractivity contribution is -0.143. The minimum absolute atomic E-state index is 0.00573. The molecule has 2 unspecified atom stereocenters. The van der Waals surface area contributed by atoms with Gasteiger partial charge in [0.05, 0.1) is 6.04 Å². The Hall–Kier alpha value is -2.90. The topological polar surface area (TPSA) is 131 Å². The summed E-state index contributed by atoms with van der Waals surface area (Å²) in [6, 6.07) is 9.43. The summed E-state index contributed by atoms with van der Waals surface area (Å²) in [5.74, 6) is -0.949. The summed E-state index contributed by atoms with van der Waals surface area (Å²) in [4.78, 5) is 43.1. The molecule has 0 bridgehead atoms. The first-order chi connectivity index (χ1) is 14.9. The summed E-state index contributed by atoms with van der Waals surface area (Å²) < 4.78 is 0. The Balaban J connectivity index is 1.91. The zero-order chi connectivity index (χ0) is 22.6. The molecule has 1 aromatic rings. The SMILES string of the molecule is CN(CCc1ccccc1)C(=O)C1CCCCC1C(=O)N[C@@H](C=O)CCCN=C(N)N. The van der Waals surface area contributed by atoms with E-state index in [1.54, 1.807) is 11.9 Å². The number of carbonyl (C=O) groups is 3. The average molecular weight is 430 g/mol. The average Bonchev–Trinajstić information content (AvgIpc) is 2.79. The summed E-state index contributed by atoms with van der Waals surface area (Å²) >= 11 is 0. The molecular formula is C23H35N5O3. The zero-order valence-corrected chi connectivity index (χ0v) is 18.3. The molecule has 31 heavy (non-hydrogen) atoms. The van der Waals surface area contributed by atoms with Gasteiger partial charge in [0.15, 0.2) is 5.96 Å². The minimum Gasteiger partial charge on any atom is -0.370 e. The fourth-order valence-corrected chi connectivity index (χ4v) is 4.06. The van der Waals surface area contributed by atoms with Crippen molar-refractivity contribution in [2.24, 2.45) is 28.3 Å². The highest BCUT2D eigenvalue weighted by atomic mass is 16.2. The van der Waals surface area contributed by atoms with Crippen LogP contribution >= 0.6 is 0 Å². The van der Waals surface area contributed by atoms with E-state index < -0.39 is 12.0 Å². The first-order valence-electron chi connectivity index (χ1n) is 11.0. The van der Waals surface area contributed by atoms with Gasteiger partial charge < -0.3 is 26.5 Å². The standard InChI is InChI=1S/C23H35N5O3/c1-28(15-13-17-8-3-2-4-9-17)22(31)20-12-6-5-11-19(20)21(30)27-18(16-29)10-7-14-26-23(24)25/h2-4,8-9,16,18-20H,5-7,10-15H2,1H3,(H,27,30)(H4,24,25,26)/t18-,19?,20?/m1/s1. The third-order valence-electron chi connectivity index (χ3n) is 5.83. The largest absolute Gasteiger partial charge is 0.370 e. The lowest BCUT2D eigenvalue weighted by Gasteiger charge is -2.33. The highest BCUT2D eigenvalue weighted by Gasteiger charge is 2.37. The second kappa shape index (κ2) is 12.7. The van der Waals surface area contributed by atoms with E-state index in [0.717, 1.165) is 25.5 Å². The van der Waals surface area contributed by atoms with Gasteiger partial charge in [-0.25, -0.2) is 0 Å². The fourth-order valence-electron chi connectivity index (χ4n) is 4.06. The molecule has 5 N–H and O–H groups in total. The van der Waals surface area contributed by atoms with Gasteiger partial charge in [-0.15, -0.1) is 0 Å². The van der Waals surface area contributed by atoms with Crippen LogP contribution in [0.25, 0.3) is 0 Å². The molecule has 170 valence electrons. The van der Waals surface area contributed by atoms with E-state index in [0.29, 0.717) is 38.8 Å². The summed E-state index contributed by atoms with van der Waals surface area (Å²) in [5.41, 5.74) is 11.8. The number of amides is 2. The molecule has 0 saturated heterocycles. The lowest BCUT2D eigenvalue weighted by atomic mass is 9.77. The third-order valence-corrected chi connectivity index (χ3v) is 5.83. The molecule has 1 aromatic carbocycles. The number of likely N-dealkylation sites (N-methyl/N-ethyl adjacent to an activating group) is 1. The molecule has 2 rings (SSSR count). The van der Waals surface area contributed by atoms with E-state index in [2.05, 4.69) is 10.3 Å². The van der Waals surface area contributed by atoms with Crippen LogP contribution in [-0.4, -0.2) is 55.1 Å². The van der Waals surface area contributed by atoms with Crippen LogP contribution in [0.5, 0.6) is 0 Å². The molecule has 1 saturated carbocycles. The van der Waals surface area contributed by atoms with Crippen molar-refractivity contribution >= 4 is 24.1 Å². The van der Waals surface area contributed by atoms with Crippen molar-refractivity contribution in [1.29, 1.82) is 0 Å². The van der Waals surface area contributed by atoms with E-state index in [-0.39, 0.29) is 23.7 Å². The highest BCUT2D eigenvalue weighted by molar-refractivity contribution is 5.89. The van der Waals surface area contributed by atoms with E-state index >= 15 is 0 Å². The Morgan fingerprint density at radius 3 is 2.52 bits per heavy atom. The van der Waals surface area contributed by atoms with Crippen molar-refractivity contribution in [3.05, 3.63) is 35.9 Å². The van der Waals surface area contributed by atoms with Crippen LogP contribution in [0.2, 0.25) is 0 Å². The molecule has 8 heteroatoms. The number of carbonyl (C=O) groups excluding carboxylic acids is 3. The van der Waals surface area contributed by atoms with Crippen LogP contribution in [0, 0.1) is 11.8 Å². The molecule has 0 spiro atoms. The summed E-state index contributed by atoms with van der Waals surface area (Å²) in [6.07, 6.45) is 5.74. The van der Waals surface area contributed by atoms with E-state index in [9.17, 15) is 14.4 Å². The first kappa shape index (κ1) is 24.4. The Morgan fingerprint density at radius 1 is 1.19 bits per heavy atom. The number of guanidine groups is 1. The summed E-state index contributed by atoms with van der Waals surface area (Å²) in [5, 5.41) is 2.82. The van der Waals surface area contributed by atoms with Crippen molar-refractivity contribution in [1.82, 2.24) is 10.2 Å². The van der Waals surface area contributed by atoms with Crippen LogP contribution in [0.1, 0.15) is 44.1 Å². The second-order valence-electron chi connectivity index (χ2n) is 8.19. The number of nitrogens with two attached hydrogens (primary N) is 2. The first-order valence-corrected chi connectivity index (χ1v) is 11.0. The molecule has 1 aliphatic carbocycles. The number of benzene rings is 1. The Bertz CT molecular complexity index is 749. The smallest absolute Gasteiger partial charge is 0.226 e. The number of aliphatic imine (C=N–C) groups is 1. The van der Waals surface area contributed by atoms with Gasteiger partial charge in [0.2, 0.25) is 11.8 Å². The van der Waals surface area contributed by atoms with Crippen LogP contribution in [0.15, 0.2) is 35.3 Å². The van der Waals surface area contributed by atoms with Crippen molar-refractivity contribution in [3.63, 3.8) is 0 Å². The van der Waals surface area contributed by atoms with E-state index in [1.165, 1.54) is 5.56 Å². The minimum atomic E-state index is -0.602. The molecule has 0 heterocycles. The normalized spacial score (nSPS) is 19.1. The number of nitrogens with one attached hydrogen (secondary N) is 1. The quantitative estimate of drug-likeness (QED) is 0.211. The Kier molecular flexibility index (Phi) is 10.00.